The van der Waals surface area contributed by atoms with Crippen molar-refractivity contribution in [2.24, 2.45) is 0 Å². The van der Waals surface area contributed by atoms with Crippen molar-refractivity contribution in [1.29, 1.82) is 0 Å². The summed E-state index contributed by atoms with van der Waals surface area (Å²) in [4.78, 5) is 7.60. The Morgan fingerprint density at radius 3 is 1.97 bits per heavy atom. The molecule has 32 heavy (non-hydrogen) atoms. The lowest BCUT2D eigenvalue weighted by molar-refractivity contribution is 0.306. The maximum atomic E-state index is 7.60. The average molecular weight is 469 g/mol. The smallest absolute Gasteiger partial charge is 0.122 e. The number of unbranched alkanes of at least 4 members (excludes halogenated alkanes) is 1. The summed E-state index contributed by atoms with van der Waals surface area (Å²) in [5.41, 5.74) is 2.24. The molecular weight excluding hydrogens is 415 g/mol. The molecule has 0 fully saturated rings. The van der Waals surface area contributed by atoms with Gasteiger partial charge in [-0.1, -0.05) is 90.7 Å². The van der Waals surface area contributed by atoms with Gasteiger partial charge in [0.1, 0.15) is 11.5 Å². The van der Waals surface area contributed by atoms with Crippen LogP contribution in [0.4, 0.5) is 0 Å². The summed E-state index contributed by atoms with van der Waals surface area (Å²) in [6.07, 6.45) is 22.9. The average Bonchev–Trinajstić information content (AvgIpc) is 2.84. The molecule has 0 bridgehead atoms. The molecule has 0 heterocycles. The molecule has 188 valence electrons. The van der Waals surface area contributed by atoms with E-state index in [0.717, 1.165) is 56.3 Å². The van der Waals surface area contributed by atoms with Crippen LogP contribution in [0.3, 0.4) is 0 Å². The van der Waals surface area contributed by atoms with E-state index in [4.69, 9.17) is 21.2 Å². The van der Waals surface area contributed by atoms with Gasteiger partial charge in [0.25, 0.3) is 0 Å². The number of terminal acetylenes is 1. The Kier molecular flexibility index (Phi) is 50.7. The van der Waals surface area contributed by atoms with E-state index in [-0.39, 0.29) is 8.81 Å². The molecule has 0 aliphatic heterocycles. The number of hydrogen-bond acceptors (Lipinski definition) is 3. The van der Waals surface area contributed by atoms with Crippen molar-refractivity contribution < 1.29 is 14.7 Å². The maximum absolute atomic E-state index is 7.60. The first-order chi connectivity index (χ1) is 15.5. The highest BCUT2D eigenvalue weighted by Crippen LogP contribution is 2.22. The monoisotopic (exact) mass is 468 g/mol. The number of hydrogen-bond donors (Lipinski definition) is 2. The molecule has 1 unspecified atom stereocenters. The second-order valence-electron chi connectivity index (χ2n) is 5.63. The van der Waals surface area contributed by atoms with Crippen molar-refractivity contribution >= 4 is 8.81 Å². The van der Waals surface area contributed by atoms with E-state index in [2.05, 4.69) is 45.8 Å². The van der Waals surface area contributed by atoms with Crippen molar-refractivity contribution in [3.63, 3.8) is 0 Å². The lowest BCUT2D eigenvalue weighted by Crippen LogP contribution is -1.98. The van der Waals surface area contributed by atoms with Crippen LogP contribution >= 0.6 is 8.81 Å². The van der Waals surface area contributed by atoms with Gasteiger partial charge in [0, 0.05) is 27.9 Å². The van der Waals surface area contributed by atoms with Gasteiger partial charge >= 0.3 is 0 Å². The fraction of sp³-hybridized carbons (Fsp3) is 0.571. The summed E-state index contributed by atoms with van der Waals surface area (Å²) in [7, 11) is 1.08. The molecule has 3 nitrogen and oxygen atoms in total. The van der Waals surface area contributed by atoms with Gasteiger partial charge in [-0.05, 0) is 51.9 Å². The number of aliphatic hydroxyl groups is 1. The molecular formula is C28H53O3P. The summed E-state index contributed by atoms with van der Waals surface area (Å²) in [5, 5.41) is 7.00. The van der Waals surface area contributed by atoms with Gasteiger partial charge in [0.15, 0.2) is 0 Å². The molecule has 2 N–H and O–H groups in total. The molecule has 0 rings (SSSR count). The summed E-state index contributed by atoms with van der Waals surface area (Å²) in [5.74, 6) is 4.49. The van der Waals surface area contributed by atoms with Crippen molar-refractivity contribution in [3.05, 3.63) is 59.1 Å². The van der Waals surface area contributed by atoms with Crippen molar-refractivity contribution in [3.8, 4) is 12.3 Å². The molecule has 0 aliphatic carbocycles. The predicted molar refractivity (Wildman–Crippen MR) is 150 cm³/mol. The molecule has 0 saturated carbocycles. The van der Waals surface area contributed by atoms with Gasteiger partial charge in [0.2, 0.25) is 0 Å². The van der Waals surface area contributed by atoms with Gasteiger partial charge in [-0.3, -0.25) is 0 Å². The first-order valence-electron chi connectivity index (χ1n) is 11.8. The van der Waals surface area contributed by atoms with Gasteiger partial charge in [-0.15, -0.1) is 6.42 Å². The zero-order valence-corrected chi connectivity index (χ0v) is 23.9. The van der Waals surface area contributed by atoms with E-state index < -0.39 is 0 Å². The molecule has 0 amide bonds. The summed E-state index contributed by atoms with van der Waals surface area (Å²) in [6, 6.07) is 0. The number of aliphatic hydroxyl groups excluding tert-OH is 1. The minimum atomic E-state index is 0.0833. The predicted octanol–water partition coefficient (Wildman–Crippen LogP) is 8.73. The van der Waals surface area contributed by atoms with Crippen LogP contribution in [-0.4, -0.2) is 23.8 Å². The highest BCUT2D eigenvalue weighted by atomic mass is 31.1. The minimum Gasteiger partial charge on any atom is -0.461 e. The molecule has 0 spiro atoms. The highest BCUT2D eigenvalue weighted by molar-refractivity contribution is 7.29. The number of rotatable bonds is 10. The van der Waals surface area contributed by atoms with Crippen LogP contribution < -0.4 is 0 Å². The molecule has 0 aromatic carbocycles. The third-order valence-electron chi connectivity index (χ3n) is 3.35. The summed E-state index contributed by atoms with van der Waals surface area (Å²) >= 11 is 0. The molecule has 0 aliphatic rings. The van der Waals surface area contributed by atoms with Crippen molar-refractivity contribution in [2.75, 3.05) is 13.8 Å². The Morgan fingerprint density at radius 1 is 1.06 bits per heavy atom. The van der Waals surface area contributed by atoms with Gasteiger partial charge < -0.3 is 14.7 Å². The Labute approximate surface area is 203 Å². The van der Waals surface area contributed by atoms with E-state index in [1.807, 2.05) is 58.9 Å². The molecule has 0 radical (unpaired) electrons. The Hall–Kier alpha value is -1.59. The lowest BCUT2D eigenvalue weighted by Gasteiger charge is -2.14. The summed E-state index contributed by atoms with van der Waals surface area (Å²) in [6.45, 7) is 20.2. The maximum Gasteiger partial charge on any atom is 0.122 e. The van der Waals surface area contributed by atoms with Gasteiger partial charge in [0.05, 0.1) is 0 Å². The van der Waals surface area contributed by atoms with E-state index >= 15 is 0 Å². The zero-order valence-electron chi connectivity index (χ0n) is 22.9. The van der Waals surface area contributed by atoms with Crippen LogP contribution in [0.2, 0.25) is 0 Å². The van der Waals surface area contributed by atoms with Crippen molar-refractivity contribution in [1.82, 2.24) is 0 Å². The van der Waals surface area contributed by atoms with Crippen LogP contribution in [0.25, 0.3) is 0 Å². The first kappa shape index (κ1) is 40.7. The largest absolute Gasteiger partial charge is 0.461 e. The SMILES string of the molecule is C#C/C(CC)=C(\C/C(C)=C\CCC)OC(/C=C\C=C\CC)=C/C.CC.CC.CO.CPO. The van der Waals surface area contributed by atoms with Crippen LogP contribution in [-0.2, 0) is 4.74 Å². The van der Waals surface area contributed by atoms with Crippen LogP contribution in [0, 0.1) is 12.3 Å². The second-order valence-corrected chi connectivity index (χ2v) is 6.07. The third kappa shape index (κ3) is 30.6. The zero-order chi connectivity index (χ0) is 26.2. The van der Waals surface area contributed by atoms with E-state index in [1.165, 1.54) is 5.57 Å². The Bertz CT molecular complexity index is 548. The van der Waals surface area contributed by atoms with Gasteiger partial charge in [-0.2, -0.15) is 0 Å². The Balaban J connectivity index is -0.000000235. The number of allylic oxidation sites excluding steroid dienone is 8. The third-order valence-corrected chi connectivity index (χ3v) is 3.35. The van der Waals surface area contributed by atoms with E-state index in [0.29, 0.717) is 0 Å². The summed E-state index contributed by atoms with van der Waals surface area (Å²) < 4.78 is 6.11. The molecule has 0 saturated heterocycles. The van der Waals surface area contributed by atoms with Crippen LogP contribution in [0.1, 0.15) is 94.4 Å². The van der Waals surface area contributed by atoms with Crippen molar-refractivity contribution in [2.45, 2.75) is 94.4 Å². The fourth-order valence-electron chi connectivity index (χ4n) is 2.00. The lowest BCUT2D eigenvalue weighted by atomic mass is 10.1. The first-order valence-corrected chi connectivity index (χ1v) is 13.3. The standard InChI is InChI=1S/C22H32O.2C2H6.CH5OP.CH4O/c1-7-12-14-15-17-21(11-5)23-22(20(9-3)10-4)18-19(6)16-13-8-2;2*1-2;1-3-2;1-2/h3,11-12,14-17H,7-8,10,13,18H2,1-2,4-6H3;2*1-2H3;2-3H,1H3;2H,1H3/b14-12+,17-15-,19-16-,21-11+,22-20-;;;;. The van der Waals surface area contributed by atoms with Crippen LogP contribution in [0.15, 0.2) is 59.1 Å². The molecule has 0 aromatic rings. The van der Waals surface area contributed by atoms with Gasteiger partial charge in [-0.25, -0.2) is 0 Å². The fourth-order valence-corrected chi connectivity index (χ4v) is 2.00. The number of ether oxygens (including phenoxy) is 1. The molecule has 1 atom stereocenters. The highest BCUT2D eigenvalue weighted by Gasteiger charge is 2.08. The minimum absolute atomic E-state index is 0.0833. The molecule has 4 heteroatoms. The van der Waals surface area contributed by atoms with Crippen LogP contribution in [0.5, 0.6) is 0 Å². The molecule has 0 aromatic heterocycles. The van der Waals surface area contributed by atoms with E-state index in [9.17, 15) is 0 Å². The quantitative estimate of drug-likeness (QED) is 0.111. The second kappa shape index (κ2) is 39.8. The van der Waals surface area contributed by atoms with E-state index in [1.54, 1.807) is 6.66 Å². The topological polar surface area (TPSA) is 49.7 Å². The normalized spacial score (nSPS) is 11.8. The Morgan fingerprint density at radius 2 is 1.59 bits per heavy atom.